The van der Waals surface area contributed by atoms with Crippen LogP contribution in [0.4, 0.5) is 0 Å². The normalized spacial score (nSPS) is 15.4. The maximum atomic E-state index is 12.3. The highest BCUT2D eigenvalue weighted by Gasteiger charge is 2.16. The van der Waals surface area contributed by atoms with Crippen LogP contribution in [0.2, 0.25) is 0 Å². The summed E-state index contributed by atoms with van der Waals surface area (Å²) in [6.45, 7) is 0.825. The summed E-state index contributed by atoms with van der Waals surface area (Å²) in [5, 5.41) is 0.585. The molecule has 5 heteroatoms. The number of aryl methyl sites for hydroxylation is 1. The second-order valence-electron chi connectivity index (χ2n) is 7.14. The van der Waals surface area contributed by atoms with E-state index in [1.54, 1.807) is 6.07 Å². The van der Waals surface area contributed by atoms with Crippen LogP contribution < -0.4 is 5.56 Å². The molecule has 2 aromatic rings. The van der Waals surface area contributed by atoms with Crippen molar-refractivity contribution in [3.05, 3.63) is 40.4 Å². The zero-order valence-electron chi connectivity index (χ0n) is 15.0. The van der Waals surface area contributed by atoms with Gasteiger partial charge in [-0.25, -0.2) is 4.98 Å². The molecule has 0 spiro atoms. The molecule has 5 nitrogen and oxygen atoms in total. The van der Waals surface area contributed by atoms with E-state index in [9.17, 15) is 9.59 Å². The van der Waals surface area contributed by atoms with Crippen molar-refractivity contribution in [3.63, 3.8) is 0 Å². The number of aromatic amines is 1. The predicted molar refractivity (Wildman–Crippen MR) is 99.5 cm³/mol. The largest absolute Gasteiger partial charge is 0.346 e. The summed E-state index contributed by atoms with van der Waals surface area (Å²) in [5.74, 6) is 1.48. The molecule has 0 bridgehead atoms. The molecule has 1 aromatic carbocycles. The maximum absolute atomic E-state index is 12.3. The first-order valence-electron chi connectivity index (χ1n) is 9.35. The average Bonchev–Trinajstić information content (AvgIpc) is 2.65. The van der Waals surface area contributed by atoms with Crippen molar-refractivity contribution in [2.45, 2.75) is 51.4 Å². The minimum atomic E-state index is -0.140. The molecule has 1 saturated carbocycles. The van der Waals surface area contributed by atoms with Crippen LogP contribution in [0.5, 0.6) is 0 Å². The van der Waals surface area contributed by atoms with Gasteiger partial charge in [0.05, 0.1) is 10.9 Å². The van der Waals surface area contributed by atoms with E-state index in [2.05, 4.69) is 9.97 Å². The van der Waals surface area contributed by atoms with Gasteiger partial charge in [0.25, 0.3) is 5.56 Å². The van der Waals surface area contributed by atoms with E-state index >= 15 is 0 Å². The van der Waals surface area contributed by atoms with Crippen molar-refractivity contribution in [2.24, 2.45) is 5.92 Å². The van der Waals surface area contributed by atoms with Gasteiger partial charge in [0.1, 0.15) is 5.82 Å². The average molecular weight is 341 g/mol. The van der Waals surface area contributed by atoms with E-state index in [4.69, 9.17) is 0 Å². The molecule has 1 heterocycles. The Morgan fingerprint density at radius 1 is 1.24 bits per heavy atom. The molecule has 1 aromatic heterocycles. The van der Waals surface area contributed by atoms with Gasteiger partial charge in [-0.05, 0) is 24.5 Å². The van der Waals surface area contributed by atoms with Crippen LogP contribution in [-0.2, 0) is 11.2 Å². The summed E-state index contributed by atoms with van der Waals surface area (Å²) in [5.41, 5.74) is 0.540. The van der Waals surface area contributed by atoms with Crippen molar-refractivity contribution in [1.29, 1.82) is 0 Å². The Kier molecular flexibility index (Phi) is 5.84. The molecule has 0 radical (unpaired) electrons. The Morgan fingerprint density at radius 2 is 2.00 bits per heavy atom. The number of para-hydroxylation sites is 1. The fraction of sp³-hybridized carbons (Fsp3) is 0.550. The molecule has 1 amide bonds. The molecule has 0 aliphatic heterocycles. The lowest BCUT2D eigenvalue weighted by atomic mass is 9.87. The van der Waals surface area contributed by atoms with Gasteiger partial charge in [-0.15, -0.1) is 0 Å². The molecule has 1 aliphatic carbocycles. The fourth-order valence-electron chi connectivity index (χ4n) is 3.65. The van der Waals surface area contributed by atoms with E-state index in [0.29, 0.717) is 29.6 Å². The Labute approximate surface area is 148 Å². The van der Waals surface area contributed by atoms with Gasteiger partial charge < -0.3 is 9.88 Å². The van der Waals surface area contributed by atoms with E-state index in [-0.39, 0.29) is 11.5 Å². The van der Waals surface area contributed by atoms with E-state index in [1.807, 2.05) is 30.1 Å². The molecular weight excluding hydrogens is 314 g/mol. The third-order valence-corrected chi connectivity index (χ3v) is 5.26. The Morgan fingerprint density at radius 3 is 2.80 bits per heavy atom. The van der Waals surface area contributed by atoms with E-state index in [0.717, 1.165) is 18.9 Å². The van der Waals surface area contributed by atoms with Crippen molar-refractivity contribution in [2.75, 3.05) is 13.6 Å². The predicted octanol–water partition coefficient (Wildman–Crippen LogP) is 3.28. The van der Waals surface area contributed by atoms with Crippen molar-refractivity contribution in [1.82, 2.24) is 14.9 Å². The van der Waals surface area contributed by atoms with Crippen LogP contribution >= 0.6 is 0 Å². The first kappa shape index (κ1) is 17.6. The van der Waals surface area contributed by atoms with Gasteiger partial charge in [-0.1, -0.05) is 44.2 Å². The van der Waals surface area contributed by atoms with E-state index < -0.39 is 0 Å². The van der Waals surface area contributed by atoms with Gasteiger partial charge >= 0.3 is 0 Å². The number of amides is 1. The monoisotopic (exact) mass is 341 g/mol. The summed E-state index contributed by atoms with van der Waals surface area (Å²) in [6, 6.07) is 7.27. The van der Waals surface area contributed by atoms with Crippen LogP contribution in [0.1, 0.15) is 50.8 Å². The lowest BCUT2D eigenvalue weighted by Crippen LogP contribution is -2.29. The number of aromatic nitrogens is 2. The highest BCUT2D eigenvalue weighted by Crippen LogP contribution is 2.26. The molecule has 1 aliphatic rings. The standard InChI is InChI=1S/C20H27N3O2/c1-23(14-13-15-7-3-2-4-8-15)19(24)12-11-18-21-17-10-6-5-9-16(17)20(25)22-18/h5-6,9-10,15H,2-4,7-8,11-14H2,1H3,(H,21,22,25). The lowest BCUT2D eigenvalue weighted by Gasteiger charge is -2.24. The third kappa shape index (κ3) is 4.68. The smallest absolute Gasteiger partial charge is 0.258 e. The second-order valence-corrected chi connectivity index (χ2v) is 7.14. The summed E-state index contributed by atoms with van der Waals surface area (Å²) in [4.78, 5) is 33.5. The molecule has 1 N–H and O–H groups in total. The number of nitrogens with one attached hydrogen (secondary N) is 1. The van der Waals surface area contributed by atoms with Crippen LogP contribution in [0, 0.1) is 5.92 Å². The first-order chi connectivity index (χ1) is 12.1. The van der Waals surface area contributed by atoms with Gasteiger partial charge in [0.2, 0.25) is 5.91 Å². The molecule has 25 heavy (non-hydrogen) atoms. The molecular formula is C20H27N3O2. The Bertz CT molecular complexity index is 778. The van der Waals surface area contributed by atoms with Gasteiger partial charge in [0, 0.05) is 26.4 Å². The van der Waals surface area contributed by atoms with Crippen molar-refractivity contribution >= 4 is 16.8 Å². The van der Waals surface area contributed by atoms with Crippen LogP contribution in [0.15, 0.2) is 29.1 Å². The topological polar surface area (TPSA) is 66.1 Å². The number of fused-ring (bicyclic) bond motifs is 1. The number of rotatable bonds is 6. The quantitative estimate of drug-likeness (QED) is 0.877. The number of benzene rings is 1. The first-order valence-corrected chi connectivity index (χ1v) is 9.35. The fourth-order valence-corrected chi connectivity index (χ4v) is 3.65. The molecule has 0 unspecified atom stereocenters. The minimum absolute atomic E-state index is 0.117. The lowest BCUT2D eigenvalue weighted by molar-refractivity contribution is -0.130. The highest BCUT2D eigenvalue weighted by molar-refractivity contribution is 5.78. The maximum Gasteiger partial charge on any atom is 0.258 e. The Hall–Kier alpha value is -2.17. The van der Waals surface area contributed by atoms with E-state index in [1.165, 1.54) is 32.1 Å². The second kappa shape index (κ2) is 8.28. The molecule has 3 rings (SSSR count). The summed E-state index contributed by atoms with van der Waals surface area (Å²) >= 11 is 0. The SMILES string of the molecule is CN(CCC1CCCCC1)C(=O)CCc1nc2ccccc2c(=O)[nH]1. The number of hydrogen-bond acceptors (Lipinski definition) is 3. The van der Waals surface area contributed by atoms with Crippen molar-refractivity contribution in [3.8, 4) is 0 Å². The third-order valence-electron chi connectivity index (χ3n) is 5.26. The van der Waals surface area contributed by atoms with Gasteiger partial charge in [-0.3, -0.25) is 9.59 Å². The molecule has 134 valence electrons. The summed E-state index contributed by atoms with van der Waals surface area (Å²) in [7, 11) is 1.88. The minimum Gasteiger partial charge on any atom is -0.346 e. The zero-order chi connectivity index (χ0) is 17.6. The molecule has 0 saturated heterocycles. The van der Waals surface area contributed by atoms with Crippen molar-refractivity contribution < 1.29 is 4.79 Å². The number of nitrogens with zero attached hydrogens (tertiary/aromatic N) is 2. The zero-order valence-corrected chi connectivity index (χ0v) is 15.0. The summed E-state index contributed by atoms with van der Waals surface area (Å²) in [6.07, 6.45) is 8.60. The van der Waals surface area contributed by atoms with Crippen LogP contribution in [0.25, 0.3) is 10.9 Å². The van der Waals surface area contributed by atoms with Crippen LogP contribution in [0.3, 0.4) is 0 Å². The number of carbonyl (C=O) groups is 1. The van der Waals surface area contributed by atoms with Gasteiger partial charge in [0.15, 0.2) is 0 Å². The number of hydrogen-bond donors (Lipinski definition) is 1. The molecule has 1 fully saturated rings. The number of H-pyrrole nitrogens is 1. The molecule has 0 atom stereocenters. The van der Waals surface area contributed by atoms with Crippen LogP contribution in [-0.4, -0.2) is 34.4 Å². The number of carbonyl (C=O) groups excluding carboxylic acids is 1. The Balaban J connectivity index is 1.52. The summed E-state index contributed by atoms with van der Waals surface area (Å²) < 4.78 is 0. The van der Waals surface area contributed by atoms with Gasteiger partial charge in [-0.2, -0.15) is 0 Å². The highest BCUT2D eigenvalue weighted by atomic mass is 16.2.